The second-order valence-corrected chi connectivity index (χ2v) is 6.58. The Kier molecular flexibility index (Phi) is 4.88. The van der Waals surface area contributed by atoms with Crippen molar-refractivity contribution in [2.75, 3.05) is 26.2 Å². The fourth-order valence-electron chi connectivity index (χ4n) is 3.13. The van der Waals surface area contributed by atoms with Gasteiger partial charge in [-0.1, -0.05) is 13.8 Å². The van der Waals surface area contributed by atoms with E-state index in [1.165, 1.54) is 4.90 Å². The first-order valence-electron chi connectivity index (χ1n) is 8.00. The number of carbonyl (C=O) groups is 2. The lowest BCUT2D eigenvalue weighted by atomic mass is 10.0. The molecule has 2 N–H and O–H groups in total. The lowest BCUT2D eigenvalue weighted by molar-refractivity contribution is -0.130. The van der Waals surface area contributed by atoms with Crippen molar-refractivity contribution in [2.24, 2.45) is 0 Å². The zero-order valence-electron chi connectivity index (χ0n) is 13.6. The number of imide groups is 1. The van der Waals surface area contributed by atoms with Crippen molar-refractivity contribution in [3.8, 4) is 0 Å². The van der Waals surface area contributed by atoms with Gasteiger partial charge in [-0.3, -0.25) is 14.6 Å². The molecule has 3 amide bonds. The molecule has 120 valence electrons. The minimum Gasteiger partial charge on any atom is -0.324 e. The average Bonchev–Trinajstić information content (AvgIpc) is 2.65. The number of urea groups is 1. The molecule has 0 aromatic rings. The van der Waals surface area contributed by atoms with Crippen molar-refractivity contribution >= 4 is 11.9 Å². The number of hydrogen-bond acceptors (Lipinski definition) is 4. The summed E-state index contributed by atoms with van der Waals surface area (Å²) in [5.41, 5.74) is -0.767. The molecular formula is C15H28N4O2. The summed E-state index contributed by atoms with van der Waals surface area (Å²) in [5, 5.41) is 6.29. The number of piperazine rings is 1. The third-order valence-electron chi connectivity index (χ3n) is 4.63. The molecule has 2 rings (SSSR count). The smallest absolute Gasteiger partial charge is 0.324 e. The topological polar surface area (TPSA) is 64.7 Å². The molecule has 2 aliphatic heterocycles. The molecule has 0 bridgehead atoms. The van der Waals surface area contributed by atoms with E-state index in [0.717, 1.165) is 32.5 Å². The van der Waals surface area contributed by atoms with Crippen LogP contribution in [0.5, 0.6) is 0 Å². The van der Waals surface area contributed by atoms with E-state index in [0.29, 0.717) is 18.6 Å². The van der Waals surface area contributed by atoms with Gasteiger partial charge in [-0.15, -0.1) is 0 Å². The molecule has 2 heterocycles. The molecule has 2 atom stereocenters. The van der Waals surface area contributed by atoms with Crippen LogP contribution in [-0.4, -0.2) is 65.5 Å². The zero-order valence-corrected chi connectivity index (χ0v) is 13.6. The molecular weight excluding hydrogens is 268 g/mol. The predicted octanol–water partition coefficient (Wildman–Crippen LogP) is 0.779. The molecule has 0 radical (unpaired) electrons. The monoisotopic (exact) mass is 296 g/mol. The van der Waals surface area contributed by atoms with Gasteiger partial charge in [-0.2, -0.15) is 0 Å². The van der Waals surface area contributed by atoms with Crippen LogP contribution in [0.25, 0.3) is 0 Å². The van der Waals surface area contributed by atoms with Gasteiger partial charge < -0.3 is 10.6 Å². The minimum atomic E-state index is -0.767. The van der Waals surface area contributed by atoms with Crippen LogP contribution in [-0.2, 0) is 4.79 Å². The molecule has 0 saturated carbocycles. The van der Waals surface area contributed by atoms with Crippen molar-refractivity contribution in [3.05, 3.63) is 0 Å². The molecule has 0 aliphatic carbocycles. The first kappa shape index (κ1) is 16.2. The number of nitrogens with zero attached hydrogens (tertiary/aromatic N) is 2. The molecule has 6 heteroatoms. The van der Waals surface area contributed by atoms with Crippen molar-refractivity contribution in [1.82, 2.24) is 20.4 Å². The summed E-state index contributed by atoms with van der Waals surface area (Å²) in [4.78, 5) is 27.9. The summed E-state index contributed by atoms with van der Waals surface area (Å²) < 4.78 is 0. The Labute approximate surface area is 127 Å². The van der Waals surface area contributed by atoms with Crippen LogP contribution in [0.15, 0.2) is 0 Å². The second kappa shape index (κ2) is 6.32. The highest BCUT2D eigenvalue weighted by Gasteiger charge is 2.44. The van der Waals surface area contributed by atoms with Crippen LogP contribution < -0.4 is 10.6 Å². The van der Waals surface area contributed by atoms with Gasteiger partial charge in [0.2, 0.25) is 0 Å². The quantitative estimate of drug-likeness (QED) is 0.736. The summed E-state index contributed by atoms with van der Waals surface area (Å²) in [6.07, 6.45) is 2.18. The van der Waals surface area contributed by atoms with Crippen LogP contribution in [0.4, 0.5) is 4.79 Å². The van der Waals surface area contributed by atoms with E-state index in [2.05, 4.69) is 29.4 Å². The fraction of sp³-hybridized carbons (Fsp3) is 0.867. The third kappa shape index (κ3) is 3.37. The van der Waals surface area contributed by atoms with E-state index < -0.39 is 5.54 Å². The van der Waals surface area contributed by atoms with E-state index in [1.807, 2.05) is 0 Å². The van der Waals surface area contributed by atoms with Gasteiger partial charge in [-0.25, -0.2) is 4.79 Å². The van der Waals surface area contributed by atoms with Crippen molar-refractivity contribution in [3.63, 3.8) is 0 Å². The van der Waals surface area contributed by atoms with E-state index in [9.17, 15) is 9.59 Å². The summed E-state index contributed by atoms with van der Waals surface area (Å²) in [6.45, 7) is 11.1. The van der Waals surface area contributed by atoms with Gasteiger partial charge in [0.1, 0.15) is 5.54 Å². The third-order valence-corrected chi connectivity index (χ3v) is 4.63. The van der Waals surface area contributed by atoms with Gasteiger partial charge >= 0.3 is 6.03 Å². The average molecular weight is 296 g/mol. The fourth-order valence-corrected chi connectivity index (χ4v) is 3.13. The first-order valence-corrected chi connectivity index (χ1v) is 8.00. The molecule has 2 unspecified atom stereocenters. The van der Waals surface area contributed by atoms with Crippen LogP contribution in [0.1, 0.15) is 40.5 Å². The molecule has 2 aliphatic rings. The highest BCUT2D eigenvalue weighted by Crippen LogP contribution is 2.17. The summed E-state index contributed by atoms with van der Waals surface area (Å²) >= 11 is 0. The van der Waals surface area contributed by atoms with E-state index in [-0.39, 0.29) is 11.9 Å². The Hall–Kier alpha value is -1.14. The molecule has 6 nitrogen and oxygen atoms in total. The van der Waals surface area contributed by atoms with E-state index >= 15 is 0 Å². The highest BCUT2D eigenvalue weighted by atomic mass is 16.2. The van der Waals surface area contributed by atoms with E-state index in [4.69, 9.17) is 0 Å². The van der Waals surface area contributed by atoms with Crippen LogP contribution in [0.3, 0.4) is 0 Å². The summed E-state index contributed by atoms with van der Waals surface area (Å²) in [5.74, 6) is -0.122. The Bertz CT molecular complexity index is 410. The lowest BCUT2D eigenvalue weighted by Gasteiger charge is -2.40. The highest BCUT2D eigenvalue weighted by molar-refractivity contribution is 6.06. The number of nitrogens with one attached hydrogen (secondary N) is 2. The van der Waals surface area contributed by atoms with Crippen LogP contribution in [0, 0.1) is 0 Å². The van der Waals surface area contributed by atoms with Crippen LogP contribution in [0.2, 0.25) is 0 Å². The molecule has 0 aromatic carbocycles. The maximum Gasteiger partial charge on any atom is 0.325 e. The normalized spacial score (nSPS) is 29.8. The maximum atomic E-state index is 12.2. The van der Waals surface area contributed by atoms with Gasteiger partial charge in [0.25, 0.3) is 5.91 Å². The molecule has 0 spiro atoms. The Morgan fingerprint density at radius 2 is 1.90 bits per heavy atom. The van der Waals surface area contributed by atoms with Crippen LogP contribution >= 0.6 is 0 Å². The SMILES string of the molecule is CCC1CN(CCN2C(=O)NC(C)(C)C2=O)C(CC)CN1. The number of hydrogen-bond donors (Lipinski definition) is 2. The van der Waals surface area contributed by atoms with Crippen molar-refractivity contribution in [2.45, 2.75) is 58.2 Å². The predicted molar refractivity (Wildman–Crippen MR) is 82.1 cm³/mol. The first-order chi connectivity index (χ1) is 9.89. The molecule has 2 saturated heterocycles. The second-order valence-electron chi connectivity index (χ2n) is 6.58. The Balaban J connectivity index is 1.94. The number of rotatable bonds is 5. The van der Waals surface area contributed by atoms with Gasteiger partial charge in [0, 0.05) is 38.3 Å². The summed E-state index contributed by atoms with van der Waals surface area (Å²) in [7, 11) is 0. The van der Waals surface area contributed by atoms with Gasteiger partial charge in [-0.05, 0) is 26.7 Å². The number of amides is 3. The van der Waals surface area contributed by atoms with Gasteiger partial charge in [0.05, 0.1) is 0 Å². The van der Waals surface area contributed by atoms with E-state index in [1.54, 1.807) is 13.8 Å². The van der Waals surface area contributed by atoms with Crippen molar-refractivity contribution < 1.29 is 9.59 Å². The van der Waals surface area contributed by atoms with Crippen molar-refractivity contribution in [1.29, 1.82) is 0 Å². The zero-order chi connectivity index (χ0) is 15.6. The lowest BCUT2D eigenvalue weighted by Crippen LogP contribution is -2.57. The molecule has 2 fully saturated rings. The largest absolute Gasteiger partial charge is 0.325 e. The Morgan fingerprint density at radius 1 is 1.19 bits per heavy atom. The number of carbonyl (C=O) groups excluding carboxylic acids is 2. The minimum absolute atomic E-state index is 0.122. The Morgan fingerprint density at radius 3 is 2.43 bits per heavy atom. The van der Waals surface area contributed by atoms with Gasteiger partial charge in [0.15, 0.2) is 0 Å². The maximum absolute atomic E-state index is 12.2. The molecule has 0 aromatic heterocycles. The molecule has 21 heavy (non-hydrogen) atoms. The summed E-state index contributed by atoms with van der Waals surface area (Å²) in [6, 6.07) is 0.731. The standard InChI is InChI=1S/C15H28N4O2/c1-5-11-10-18(12(6-2)9-16-11)7-8-19-13(20)15(3,4)17-14(19)21/h11-12,16H,5-10H2,1-4H3,(H,17,21).